The lowest BCUT2D eigenvalue weighted by Crippen LogP contribution is -2.36. The van der Waals surface area contributed by atoms with Crippen LogP contribution in [0.25, 0.3) is 0 Å². The molecule has 3 nitrogen and oxygen atoms in total. The lowest BCUT2D eigenvalue weighted by molar-refractivity contribution is -0.124. The van der Waals surface area contributed by atoms with Crippen LogP contribution in [-0.4, -0.2) is 10.8 Å². The van der Waals surface area contributed by atoms with Crippen LogP contribution in [0.2, 0.25) is 0 Å². The predicted octanol–water partition coefficient (Wildman–Crippen LogP) is 3.53. The number of nitrogens with two attached hydrogens (primary N) is 1. The SMILES string of the molecule is CCC(CC)(C(=O)Cc1ccnc(N)c1)c1ccccc1. The Bertz CT molecular complexity index is 604. The fourth-order valence-corrected chi connectivity index (χ4v) is 2.93. The van der Waals surface area contributed by atoms with Gasteiger partial charge in [-0.05, 0) is 36.1 Å². The minimum Gasteiger partial charge on any atom is -0.384 e. The Hall–Kier alpha value is -2.16. The molecule has 0 saturated carbocycles. The van der Waals surface area contributed by atoms with Crippen molar-refractivity contribution in [3.8, 4) is 0 Å². The molecule has 1 heterocycles. The fraction of sp³-hybridized carbons (Fsp3) is 0.333. The number of rotatable bonds is 6. The first-order valence-corrected chi connectivity index (χ1v) is 7.41. The topological polar surface area (TPSA) is 56.0 Å². The number of ketones is 1. The van der Waals surface area contributed by atoms with Crippen LogP contribution in [-0.2, 0) is 16.6 Å². The second-order valence-electron chi connectivity index (χ2n) is 5.34. The molecule has 0 amide bonds. The van der Waals surface area contributed by atoms with Gasteiger partial charge in [-0.1, -0.05) is 44.2 Å². The maximum Gasteiger partial charge on any atom is 0.147 e. The number of anilines is 1. The summed E-state index contributed by atoms with van der Waals surface area (Å²) >= 11 is 0. The number of benzene rings is 1. The molecule has 0 fully saturated rings. The molecule has 2 N–H and O–H groups in total. The summed E-state index contributed by atoms with van der Waals surface area (Å²) in [6.07, 6.45) is 3.64. The number of carbonyl (C=O) groups is 1. The van der Waals surface area contributed by atoms with Crippen LogP contribution < -0.4 is 5.73 Å². The highest BCUT2D eigenvalue weighted by molar-refractivity contribution is 5.91. The Labute approximate surface area is 126 Å². The van der Waals surface area contributed by atoms with E-state index in [4.69, 9.17) is 5.73 Å². The number of nitrogen functional groups attached to an aromatic ring is 1. The van der Waals surface area contributed by atoms with Gasteiger partial charge in [-0.3, -0.25) is 4.79 Å². The molecule has 0 unspecified atom stereocenters. The van der Waals surface area contributed by atoms with E-state index in [-0.39, 0.29) is 5.78 Å². The number of hydrogen-bond acceptors (Lipinski definition) is 3. The second kappa shape index (κ2) is 6.53. The van der Waals surface area contributed by atoms with E-state index < -0.39 is 5.41 Å². The molecule has 1 aromatic heterocycles. The number of aromatic nitrogens is 1. The number of pyridine rings is 1. The van der Waals surface area contributed by atoms with E-state index in [9.17, 15) is 4.79 Å². The van der Waals surface area contributed by atoms with Crippen molar-refractivity contribution in [2.24, 2.45) is 0 Å². The van der Waals surface area contributed by atoms with Crippen molar-refractivity contribution in [1.82, 2.24) is 4.98 Å². The summed E-state index contributed by atoms with van der Waals surface area (Å²) < 4.78 is 0. The van der Waals surface area contributed by atoms with Crippen LogP contribution in [0.15, 0.2) is 48.7 Å². The van der Waals surface area contributed by atoms with Gasteiger partial charge in [0.25, 0.3) is 0 Å². The molecule has 2 aromatic rings. The maximum absolute atomic E-state index is 12.9. The van der Waals surface area contributed by atoms with Gasteiger partial charge in [0.05, 0.1) is 5.41 Å². The number of carbonyl (C=O) groups excluding carboxylic acids is 1. The van der Waals surface area contributed by atoms with Crippen molar-refractivity contribution in [3.05, 3.63) is 59.8 Å². The summed E-state index contributed by atoms with van der Waals surface area (Å²) in [4.78, 5) is 16.9. The van der Waals surface area contributed by atoms with Crippen molar-refractivity contribution < 1.29 is 4.79 Å². The molecule has 0 radical (unpaired) electrons. The highest BCUT2D eigenvalue weighted by Gasteiger charge is 2.35. The average molecular weight is 282 g/mol. The first-order valence-electron chi connectivity index (χ1n) is 7.41. The maximum atomic E-state index is 12.9. The van der Waals surface area contributed by atoms with E-state index in [2.05, 4.69) is 18.8 Å². The lowest BCUT2D eigenvalue weighted by Gasteiger charge is -2.31. The predicted molar refractivity (Wildman–Crippen MR) is 86.1 cm³/mol. The zero-order chi connectivity index (χ0) is 15.3. The molecule has 21 heavy (non-hydrogen) atoms. The van der Waals surface area contributed by atoms with Crippen LogP contribution in [0, 0.1) is 0 Å². The Morgan fingerprint density at radius 3 is 2.38 bits per heavy atom. The number of nitrogens with zero attached hydrogens (tertiary/aromatic N) is 1. The zero-order valence-corrected chi connectivity index (χ0v) is 12.7. The van der Waals surface area contributed by atoms with Gasteiger partial charge >= 0.3 is 0 Å². The molecule has 110 valence electrons. The van der Waals surface area contributed by atoms with E-state index in [1.54, 1.807) is 12.3 Å². The Balaban J connectivity index is 2.32. The molecule has 0 saturated heterocycles. The Morgan fingerprint density at radius 1 is 1.14 bits per heavy atom. The standard InChI is InChI=1S/C18H22N2O/c1-3-18(4-2,15-8-6-5-7-9-15)16(21)12-14-10-11-20-17(19)13-14/h5-11,13H,3-4,12H2,1-2H3,(H2,19,20). The van der Waals surface area contributed by atoms with Crippen molar-refractivity contribution in [1.29, 1.82) is 0 Å². The first kappa shape index (κ1) is 15.2. The van der Waals surface area contributed by atoms with E-state index in [1.807, 2.05) is 36.4 Å². The van der Waals surface area contributed by atoms with Crippen molar-refractivity contribution in [2.45, 2.75) is 38.5 Å². The summed E-state index contributed by atoms with van der Waals surface area (Å²) in [6, 6.07) is 13.7. The molecule has 1 aromatic carbocycles. The highest BCUT2D eigenvalue weighted by Crippen LogP contribution is 2.33. The molecular formula is C18H22N2O. The zero-order valence-electron chi connectivity index (χ0n) is 12.7. The van der Waals surface area contributed by atoms with Gasteiger partial charge < -0.3 is 5.73 Å². The highest BCUT2D eigenvalue weighted by atomic mass is 16.1. The molecule has 0 aliphatic rings. The third-order valence-electron chi connectivity index (χ3n) is 4.28. The summed E-state index contributed by atoms with van der Waals surface area (Å²) in [5.41, 5.74) is 7.30. The van der Waals surface area contributed by atoms with Gasteiger partial charge in [-0.25, -0.2) is 4.98 Å². The Morgan fingerprint density at radius 2 is 1.81 bits per heavy atom. The molecule has 0 bridgehead atoms. The second-order valence-corrected chi connectivity index (χ2v) is 5.34. The lowest BCUT2D eigenvalue weighted by atomic mass is 9.71. The molecule has 0 spiro atoms. The molecule has 0 aliphatic heterocycles. The summed E-state index contributed by atoms with van der Waals surface area (Å²) in [5, 5.41) is 0. The molecule has 0 aliphatic carbocycles. The molecule has 2 rings (SSSR count). The largest absolute Gasteiger partial charge is 0.384 e. The Kier molecular flexibility index (Phi) is 4.73. The van der Waals surface area contributed by atoms with Gasteiger partial charge in [0.1, 0.15) is 11.6 Å². The van der Waals surface area contributed by atoms with E-state index in [1.165, 1.54) is 0 Å². The third kappa shape index (κ3) is 3.13. The van der Waals surface area contributed by atoms with Gasteiger partial charge in [0, 0.05) is 12.6 Å². The normalized spacial score (nSPS) is 11.3. The van der Waals surface area contributed by atoms with Gasteiger partial charge in [-0.2, -0.15) is 0 Å². The number of hydrogen-bond donors (Lipinski definition) is 1. The van der Waals surface area contributed by atoms with E-state index in [0.717, 1.165) is 24.0 Å². The molecular weight excluding hydrogens is 260 g/mol. The third-order valence-corrected chi connectivity index (χ3v) is 4.28. The van der Waals surface area contributed by atoms with Crippen molar-refractivity contribution >= 4 is 11.6 Å². The van der Waals surface area contributed by atoms with E-state index in [0.29, 0.717) is 12.2 Å². The van der Waals surface area contributed by atoms with Crippen molar-refractivity contribution in [3.63, 3.8) is 0 Å². The van der Waals surface area contributed by atoms with Crippen LogP contribution in [0.4, 0.5) is 5.82 Å². The molecule has 0 atom stereocenters. The van der Waals surface area contributed by atoms with Gasteiger partial charge in [0.2, 0.25) is 0 Å². The van der Waals surface area contributed by atoms with Crippen LogP contribution in [0.1, 0.15) is 37.8 Å². The van der Waals surface area contributed by atoms with Gasteiger partial charge in [0.15, 0.2) is 0 Å². The van der Waals surface area contributed by atoms with Crippen LogP contribution in [0.5, 0.6) is 0 Å². The fourth-order valence-electron chi connectivity index (χ4n) is 2.93. The smallest absolute Gasteiger partial charge is 0.147 e. The summed E-state index contributed by atoms with van der Waals surface area (Å²) in [5.74, 6) is 0.697. The van der Waals surface area contributed by atoms with Crippen LogP contribution in [0.3, 0.4) is 0 Å². The quantitative estimate of drug-likeness (QED) is 0.881. The number of Topliss-reactive ketones (excluding diaryl/α,β-unsaturated/α-hetero) is 1. The summed E-state index contributed by atoms with van der Waals surface area (Å²) in [7, 11) is 0. The van der Waals surface area contributed by atoms with Gasteiger partial charge in [-0.15, -0.1) is 0 Å². The van der Waals surface area contributed by atoms with Crippen molar-refractivity contribution in [2.75, 3.05) is 5.73 Å². The molecule has 3 heteroatoms. The minimum absolute atomic E-state index is 0.240. The minimum atomic E-state index is -0.417. The monoisotopic (exact) mass is 282 g/mol. The van der Waals surface area contributed by atoms with Crippen LogP contribution >= 0.6 is 0 Å². The first-order chi connectivity index (χ1) is 10.1. The summed E-state index contributed by atoms with van der Waals surface area (Å²) in [6.45, 7) is 4.16. The average Bonchev–Trinajstić information content (AvgIpc) is 2.50. The van der Waals surface area contributed by atoms with E-state index >= 15 is 0 Å².